The van der Waals surface area contributed by atoms with Gasteiger partial charge in [0.2, 0.25) is 0 Å². The number of halogens is 1. The smallest absolute Gasteiger partial charge is 0.104 e. The van der Waals surface area contributed by atoms with Gasteiger partial charge >= 0.3 is 0 Å². The van der Waals surface area contributed by atoms with Crippen LogP contribution in [-0.2, 0) is 0 Å². The highest BCUT2D eigenvalue weighted by atomic mass is 35.5. The number of nitrogens with zero attached hydrogens (tertiary/aromatic N) is 1. The highest BCUT2D eigenvalue weighted by Crippen LogP contribution is 2.25. The number of alkyl halides is 1. The Hall–Kier alpha value is -0.730. The number of benzene rings is 1. The molecule has 1 aromatic carbocycles. The summed E-state index contributed by atoms with van der Waals surface area (Å²) in [5.41, 5.74) is 0. The fraction of sp³-hybridized carbons (Fsp3) is 0.182. The van der Waals surface area contributed by atoms with Crippen molar-refractivity contribution in [1.82, 2.24) is 4.98 Å². The van der Waals surface area contributed by atoms with Crippen molar-refractivity contribution in [3.63, 3.8) is 0 Å². The van der Waals surface area contributed by atoms with Crippen molar-refractivity contribution in [3.8, 4) is 0 Å². The van der Waals surface area contributed by atoms with Gasteiger partial charge in [-0.2, -0.15) is 0 Å². The van der Waals surface area contributed by atoms with Crippen molar-refractivity contribution in [2.45, 2.75) is 5.03 Å². The van der Waals surface area contributed by atoms with Crippen LogP contribution in [0.15, 0.2) is 41.6 Å². The molecule has 2 rings (SSSR count). The number of rotatable bonds is 3. The Labute approximate surface area is 92.5 Å². The molecule has 0 unspecified atom stereocenters. The summed E-state index contributed by atoms with van der Waals surface area (Å²) in [6, 6.07) is 10.3. The number of hydrogen-bond acceptors (Lipinski definition) is 2. The molecule has 1 nitrogen and oxygen atoms in total. The van der Waals surface area contributed by atoms with Gasteiger partial charge in [0, 0.05) is 23.2 Å². The van der Waals surface area contributed by atoms with Crippen LogP contribution in [-0.4, -0.2) is 16.6 Å². The topological polar surface area (TPSA) is 12.9 Å². The van der Waals surface area contributed by atoms with Crippen LogP contribution in [0.5, 0.6) is 0 Å². The lowest BCUT2D eigenvalue weighted by Gasteiger charge is -2.03. The van der Waals surface area contributed by atoms with E-state index in [1.54, 1.807) is 11.8 Å². The summed E-state index contributed by atoms with van der Waals surface area (Å²) in [7, 11) is 0. The van der Waals surface area contributed by atoms with Gasteiger partial charge < -0.3 is 0 Å². The molecule has 0 aliphatic rings. The van der Waals surface area contributed by atoms with Crippen LogP contribution >= 0.6 is 23.4 Å². The third-order valence-corrected chi connectivity index (χ3v) is 3.37. The van der Waals surface area contributed by atoms with Crippen LogP contribution in [0, 0.1) is 0 Å². The summed E-state index contributed by atoms with van der Waals surface area (Å²) in [6.45, 7) is 0. The molecule has 0 bridgehead atoms. The van der Waals surface area contributed by atoms with E-state index in [2.05, 4.69) is 17.1 Å². The average molecular weight is 224 g/mol. The molecule has 0 radical (unpaired) electrons. The molecule has 0 fully saturated rings. The number of aromatic nitrogens is 1. The predicted molar refractivity (Wildman–Crippen MR) is 63.2 cm³/mol. The Bertz CT molecular complexity index is 425. The lowest BCUT2D eigenvalue weighted by Crippen LogP contribution is -1.85. The maximum absolute atomic E-state index is 5.65. The zero-order valence-corrected chi connectivity index (χ0v) is 9.18. The van der Waals surface area contributed by atoms with Gasteiger partial charge in [0.05, 0.1) is 0 Å². The van der Waals surface area contributed by atoms with Gasteiger partial charge in [-0.25, -0.2) is 4.98 Å². The Morgan fingerprint density at radius 3 is 2.93 bits per heavy atom. The molecule has 0 saturated heterocycles. The van der Waals surface area contributed by atoms with Crippen LogP contribution in [0.1, 0.15) is 0 Å². The van der Waals surface area contributed by atoms with Crippen molar-refractivity contribution < 1.29 is 0 Å². The standard InChI is InChI=1S/C11H10ClNS/c12-6-8-14-11-10-4-2-1-3-9(10)5-7-13-11/h1-5,7H,6,8H2. The molecule has 0 N–H and O–H groups in total. The van der Waals surface area contributed by atoms with Crippen molar-refractivity contribution >= 4 is 34.1 Å². The lowest BCUT2D eigenvalue weighted by molar-refractivity contribution is 1.17. The minimum absolute atomic E-state index is 0.662. The van der Waals surface area contributed by atoms with Crippen molar-refractivity contribution in [2.75, 3.05) is 11.6 Å². The molecule has 0 aliphatic carbocycles. The molecular formula is C11H10ClNS. The van der Waals surface area contributed by atoms with Crippen LogP contribution in [0.2, 0.25) is 0 Å². The first-order valence-electron chi connectivity index (χ1n) is 4.44. The first kappa shape index (κ1) is 9.81. The number of hydrogen-bond donors (Lipinski definition) is 0. The maximum Gasteiger partial charge on any atom is 0.104 e. The monoisotopic (exact) mass is 223 g/mol. The summed E-state index contributed by atoms with van der Waals surface area (Å²) in [6.07, 6.45) is 1.85. The van der Waals surface area contributed by atoms with Gasteiger partial charge in [-0.3, -0.25) is 0 Å². The van der Waals surface area contributed by atoms with Gasteiger partial charge in [-0.05, 0) is 11.5 Å². The SMILES string of the molecule is ClCCSc1nccc2ccccc12. The van der Waals surface area contributed by atoms with Gasteiger partial charge in [0.25, 0.3) is 0 Å². The zero-order valence-electron chi connectivity index (χ0n) is 7.61. The molecule has 0 spiro atoms. The molecule has 2 aromatic rings. The van der Waals surface area contributed by atoms with Gasteiger partial charge in [-0.1, -0.05) is 24.3 Å². The summed E-state index contributed by atoms with van der Waals surface area (Å²) in [4.78, 5) is 4.35. The highest BCUT2D eigenvalue weighted by molar-refractivity contribution is 7.99. The number of fused-ring (bicyclic) bond motifs is 1. The molecule has 1 heterocycles. The molecule has 0 atom stereocenters. The van der Waals surface area contributed by atoms with E-state index in [1.165, 1.54) is 10.8 Å². The first-order valence-corrected chi connectivity index (χ1v) is 5.96. The molecule has 3 heteroatoms. The fourth-order valence-corrected chi connectivity index (χ4v) is 2.32. The van der Waals surface area contributed by atoms with E-state index in [0.29, 0.717) is 5.88 Å². The van der Waals surface area contributed by atoms with Gasteiger partial charge in [0.15, 0.2) is 0 Å². The maximum atomic E-state index is 5.65. The first-order chi connectivity index (χ1) is 6.92. The molecule has 14 heavy (non-hydrogen) atoms. The molecule has 1 aromatic heterocycles. The van der Waals surface area contributed by atoms with Crippen molar-refractivity contribution in [1.29, 1.82) is 0 Å². The Morgan fingerprint density at radius 2 is 2.07 bits per heavy atom. The molecule has 0 saturated carbocycles. The summed E-state index contributed by atoms with van der Waals surface area (Å²) in [5, 5.41) is 3.52. The van der Waals surface area contributed by atoms with E-state index in [0.717, 1.165) is 10.8 Å². The van der Waals surface area contributed by atoms with Crippen molar-refractivity contribution in [3.05, 3.63) is 36.5 Å². The van der Waals surface area contributed by atoms with E-state index in [1.807, 2.05) is 24.4 Å². The van der Waals surface area contributed by atoms with E-state index in [-0.39, 0.29) is 0 Å². The van der Waals surface area contributed by atoms with E-state index in [4.69, 9.17) is 11.6 Å². The third kappa shape index (κ3) is 2.02. The summed E-state index contributed by atoms with van der Waals surface area (Å²) < 4.78 is 0. The average Bonchev–Trinajstić information content (AvgIpc) is 2.26. The van der Waals surface area contributed by atoms with Crippen LogP contribution in [0.25, 0.3) is 10.8 Å². The molecular weight excluding hydrogens is 214 g/mol. The highest BCUT2D eigenvalue weighted by Gasteiger charge is 2.00. The normalized spacial score (nSPS) is 10.6. The van der Waals surface area contributed by atoms with Crippen molar-refractivity contribution in [2.24, 2.45) is 0 Å². The van der Waals surface area contributed by atoms with E-state index >= 15 is 0 Å². The van der Waals surface area contributed by atoms with Gasteiger partial charge in [-0.15, -0.1) is 23.4 Å². The fourth-order valence-electron chi connectivity index (χ4n) is 1.34. The lowest BCUT2D eigenvalue weighted by atomic mass is 10.2. The second kappa shape index (κ2) is 4.67. The third-order valence-electron chi connectivity index (χ3n) is 1.95. The quantitative estimate of drug-likeness (QED) is 0.583. The summed E-state index contributed by atoms with van der Waals surface area (Å²) in [5.74, 6) is 1.57. The van der Waals surface area contributed by atoms with Crippen LogP contribution in [0.4, 0.5) is 0 Å². The Morgan fingerprint density at radius 1 is 1.21 bits per heavy atom. The Kier molecular flexibility index (Phi) is 3.27. The van der Waals surface area contributed by atoms with Crippen LogP contribution in [0.3, 0.4) is 0 Å². The number of pyridine rings is 1. The second-order valence-corrected chi connectivity index (χ2v) is 4.34. The molecule has 72 valence electrons. The Balaban J connectivity index is 2.43. The van der Waals surface area contributed by atoms with E-state index in [9.17, 15) is 0 Å². The zero-order chi connectivity index (χ0) is 9.80. The minimum Gasteiger partial charge on any atom is -0.249 e. The minimum atomic E-state index is 0.662. The summed E-state index contributed by atoms with van der Waals surface area (Å²) >= 11 is 7.36. The van der Waals surface area contributed by atoms with Crippen LogP contribution < -0.4 is 0 Å². The predicted octanol–water partition coefficient (Wildman–Crippen LogP) is 3.57. The number of thioether (sulfide) groups is 1. The molecule has 0 aliphatic heterocycles. The van der Waals surface area contributed by atoms with E-state index < -0.39 is 0 Å². The molecule has 0 amide bonds. The second-order valence-electron chi connectivity index (χ2n) is 2.87. The largest absolute Gasteiger partial charge is 0.249 e. The van der Waals surface area contributed by atoms with Gasteiger partial charge in [0.1, 0.15) is 5.03 Å².